The first-order chi connectivity index (χ1) is 14.0. The smallest absolute Gasteiger partial charge is 0.229 e. The topological polar surface area (TPSA) is 53.1 Å². The van der Waals surface area contributed by atoms with Crippen molar-refractivity contribution in [3.63, 3.8) is 0 Å². The molecule has 0 bridgehead atoms. The molecule has 1 aromatic heterocycles. The molecule has 168 valence electrons. The normalized spacial score (nSPS) is 18.2. The van der Waals surface area contributed by atoms with E-state index < -0.39 is 0 Å². The van der Waals surface area contributed by atoms with Crippen molar-refractivity contribution in [2.45, 2.75) is 37.8 Å². The van der Waals surface area contributed by atoms with Crippen LogP contribution in [0.4, 0.5) is 17.5 Å². The molecule has 0 saturated heterocycles. The molecule has 1 heterocycles. The fourth-order valence-corrected chi connectivity index (χ4v) is 4.45. The minimum absolute atomic E-state index is 0. The summed E-state index contributed by atoms with van der Waals surface area (Å²) in [5, 5.41) is 9.07. The molecule has 9 heteroatoms. The number of aromatic nitrogens is 2. The van der Waals surface area contributed by atoms with E-state index in [4.69, 9.17) is 28.2 Å². The molecule has 1 aliphatic rings. The molecule has 31 heavy (non-hydrogen) atoms. The second-order valence-electron chi connectivity index (χ2n) is 7.81. The van der Waals surface area contributed by atoms with Gasteiger partial charge in [-0.25, -0.2) is 4.98 Å². The minimum Gasteiger partial charge on any atom is -0.367 e. The fraction of sp³-hybridized carbons (Fsp3) is 0.364. The summed E-state index contributed by atoms with van der Waals surface area (Å²) in [6.07, 6.45) is 4.65. The Kier molecular flexibility index (Phi) is 9.46. The third kappa shape index (κ3) is 6.50. The van der Waals surface area contributed by atoms with Crippen molar-refractivity contribution >= 4 is 76.4 Å². The van der Waals surface area contributed by atoms with Gasteiger partial charge >= 0.3 is 0 Å². The van der Waals surface area contributed by atoms with Crippen molar-refractivity contribution in [1.29, 1.82) is 0 Å². The highest BCUT2D eigenvalue weighted by Crippen LogP contribution is 2.29. The van der Waals surface area contributed by atoms with Gasteiger partial charge in [-0.1, -0.05) is 35.3 Å². The molecule has 0 amide bonds. The maximum absolute atomic E-state index is 6.12. The Bertz CT molecular complexity index is 986. The lowest BCUT2D eigenvalue weighted by Crippen LogP contribution is -2.36. The first kappa shape index (κ1) is 25.8. The predicted octanol–water partition coefficient (Wildman–Crippen LogP) is 6.81. The maximum atomic E-state index is 6.12. The standard InChI is InChI=1S/C22H25Cl2N5.2ClH/c1-29(2)18-9-7-16(8-10-18)25-21-19-5-3-4-6-20(19)27-22(28-21)26-17-12-14(23)11-15(24)13-17;;/h3-6,11-13,16,18H,7-10H2,1-2H3,(H2,25,26,27,28);2*1H. The van der Waals surface area contributed by atoms with Crippen LogP contribution in [0.5, 0.6) is 0 Å². The van der Waals surface area contributed by atoms with Gasteiger partial charge in [0.2, 0.25) is 5.95 Å². The third-order valence-electron chi connectivity index (χ3n) is 5.49. The number of hydrogen-bond donors (Lipinski definition) is 2. The molecule has 4 rings (SSSR count). The van der Waals surface area contributed by atoms with E-state index in [1.807, 2.05) is 30.3 Å². The maximum Gasteiger partial charge on any atom is 0.229 e. The summed E-state index contributed by atoms with van der Waals surface area (Å²) >= 11 is 12.2. The van der Waals surface area contributed by atoms with Gasteiger partial charge in [-0.3, -0.25) is 0 Å². The van der Waals surface area contributed by atoms with Gasteiger partial charge in [-0.2, -0.15) is 4.98 Å². The Morgan fingerprint density at radius 3 is 2.19 bits per heavy atom. The average Bonchev–Trinajstić information content (AvgIpc) is 2.67. The summed E-state index contributed by atoms with van der Waals surface area (Å²) in [5.74, 6) is 1.38. The molecule has 2 aromatic carbocycles. The lowest BCUT2D eigenvalue weighted by atomic mass is 9.90. The molecule has 1 saturated carbocycles. The van der Waals surface area contributed by atoms with E-state index in [1.165, 1.54) is 12.8 Å². The largest absolute Gasteiger partial charge is 0.367 e. The first-order valence-corrected chi connectivity index (χ1v) is 10.7. The molecule has 0 atom stereocenters. The van der Waals surface area contributed by atoms with E-state index in [1.54, 1.807) is 6.07 Å². The highest BCUT2D eigenvalue weighted by atomic mass is 35.5. The molecule has 1 aliphatic carbocycles. The van der Waals surface area contributed by atoms with Crippen LogP contribution < -0.4 is 10.6 Å². The molecule has 0 spiro atoms. The molecule has 0 radical (unpaired) electrons. The lowest BCUT2D eigenvalue weighted by Gasteiger charge is -2.33. The molecular weight excluding hydrogens is 476 g/mol. The highest BCUT2D eigenvalue weighted by Gasteiger charge is 2.23. The van der Waals surface area contributed by atoms with Crippen LogP contribution in [0.25, 0.3) is 10.9 Å². The molecule has 0 aliphatic heterocycles. The van der Waals surface area contributed by atoms with Crippen molar-refractivity contribution in [1.82, 2.24) is 14.9 Å². The molecule has 2 N–H and O–H groups in total. The second kappa shape index (κ2) is 11.4. The van der Waals surface area contributed by atoms with Gasteiger partial charge in [0.1, 0.15) is 5.82 Å². The quantitative estimate of drug-likeness (QED) is 0.401. The summed E-state index contributed by atoms with van der Waals surface area (Å²) < 4.78 is 0. The van der Waals surface area contributed by atoms with E-state index >= 15 is 0 Å². The zero-order chi connectivity index (χ0) is 20.4. The summed E-state index contributed by atoms with van der Waals surface area (Å²) in [5.41, 5.74) is 1.65. The van der Waals surface area contributed by atoms with Crippen molar-refractivity contribution in [2.75, 3.05) is 24.7 Å². The number of halogens is 4. The number of nitrogens with one attached hydrogen (secondary N) is 2. The van der Waals surface area contributed by atoms with Crippen LogP contribution in [-0.2, 0) is 0 Å². The van der Waals surface area contributed by atoms with Crippen LogP contribution in [0.3, 0.4) is 0 Å². The Morgan fingerprint density at radius 1 is 0.903 bits per heavy atom. The third-order valence-corrected chi connectivity index (χ3v) is 5.93. The van der Waals surface area contributed by atoms with Gasteiger partial charge in [0.05, 0.1) is 5.52 Å². The van der Waals surface area contributed by atoms with E-state index in [-0.39, 0.29) is 24.8 Å². The lowest BCUT2D eigenvalue weighted by molar-refractivity contribution is 0.221. The number of fused-ring (bicyclic) bond motifs is 1. The van der Waals surface area contributed by atoms with E-state index in [0.29, 0.717) is 28.1 Å². The summed E-state index contributed by atoms with van der Waals surface area (Å²) in [4.78, 5) is 11.8. The molecule has 5 nitrogen and oxygen atoms in total. The van der Waals surface area contributed by atoms with Gasteiger partial charge in [-0.05, 0) is 70.1 Å². The number of para-hydroxylation sites is 1. The van der Waals surface area contributed by atoms with Gasteiger partial charge in [0.25, 0.3) is 0 Å². The van der Waals surface area contributed by atoms with Crippen LogP contribution in [0.1, 0.15) is 25.7 Å². The van der Waals surface area contributed by atoms with Crippen LogP contribution in [-0.4, -0.2) is 41.0 Å². The number of anilines is 3. The number of benzene rings is 2. The van der Waals surface area contributed by atoms with Crippen LogP contribution >= 0.6 is 48.0 Å². The zero-order valence-corrected chi connectivity index (χ0v) is 20.6. The number of hydrogen-bond acceptors (Lipinski definition) is 5. The Balaban J connectivity index is 0.00000171. The molecule has 1 fully saturated rings. The predicted molar refractivity (Wildman–Crippen MR) is 137 cm³/mol. The summed E-state index contributed by atoms with van der Waals surface area (Å²) in [6, 6.07) is 14.5. The van der Waals surface area contributed by atoms with Crippen molar-refractivity contribution in [3.8, 4) is 0 Å². The van der Waals surface area contributed by atoms with Gasteiger partial charge < -0.3 is 15.5 Å². The second-order valence-corrected chi connectivity index (χ2v) is 8.68. The van der Waals surface area contributed by atoms with E-state index in [2.05, 4.69) is 40.7 Å². The first-order valence-electron chi connectivity index (χ1n) is 9.91. The molecule has 3 aromatic rings. The zero-order valence-electron chi connectivity index (χ0n) is 17.4. The van der Waals surface area contributed by atoms with Gasteiger partial charge in [0.15, 0.2) is 0 Å². The highest BCUT2D eigenvalue weighted by molar-refractivity contribution is 6.35. The van der Waals surface area contributed by atoms with Crippen molar-refractivity contribution in [2.24, 2.45) is 0 Å². The van der Waals surface area contributed by atoms with Crippen molar-refractivity contribution < 1.29 is 0 Å². The minimum atomic E-state index is 0. The molecular formula is C22H27Cl4N5. The Morgan fingerprint density at radius 2 is 1.55 bits per heavy atom. The fourth-order valence-electron chi connectivity index (χ4n) is 3.93. The summed E-state index contributed by atoms with van der Waals surface area (Å²) in [6.45, 7) is 0. The van der Waals surface area contributed by atoms with Crippen LogP contribution in [0.2, 0.25) is 10.0 Å². The van der Waals surface area contributed by atoms with Crippen LogP contribution in [0, 0.1) is 0 Å². The number of nitrogens with zero attached hydrogens (tertiary/aromatic N) is 3. The Labute approximate surface area is 205 Å². The van der Waals surface area contributed by atoms with E-state index in [0.717, 1.165) is 35.2 Å². The van der Waals surface area contributed by atoms with Crippen molar-refractivity contribution in [3.05, 3.63) is 52.5 Å². The number of rotatable bonds is 5. The van der Waals surface area contributed by atoms with Crippen LogP contribution in [0.15, 0.2) is 42.5 Å². The van der Waals surface area contributed by atoms with Gasteiger partial charge in [-0.15, -0.1) is 24.8 Å². The van der Waals surface area contributed by atoms with E-state index in [9.17, 15) is 0 Å². The summed E-state index contributed by atoms with van der Waals surface area (Å²) in [7, 11) is 4.33. The average molecular weight is 503 g/mol. The SMILES string of the molecule is CN(C)C1CCC(Nc2nc(Nc3cc(Cl)cc(Cl)c3)nc3ccccc23)CC1.Cl.Cl. The van der Waals surface area contributed by atoms with Gasteiger partial charge in [0, 0.05) is 33.2 Å². The Hall–Kier alpha value is -1.50. The monoisotopic (exact) mass is 501 g/mol. The molecule has 0 unspecified atom stereocenters.